The molecule has 1 aromatic carbocycles. The number of amides is 1. The van der Waals surface area contributed by atoms with Gasteiger partial charge in [-0.15, -0.1) is 0 Å². The number of carbonyl (C=O) groups excluding carboxylic acids is 1. The van der Waals surface area contributed by atoms with Crippen molar-refractivity contribution in [1.29, 1.82) is 0 Å². The van der Waals surface area contributed by atoms with Crippen LogP contribution in [0.25, 0.3) is 0 Å². The van der Waals surface area contributed by atoms with Crippen LogP contribution in [-0.4, -0.2) is 24.2 Å². The molecule has 0 radical (unpaired) electrons. The highest BCUT2D eigenvalue weighted by molar-refractivity contribution is 5.76. The third-order valence-electron chi connectivity index (χ3n) is 3.41. The average Bonchev–Trinajstić information content (AvgIpc) is 2.44. The predicted octanol–water partition coefficient (Wildman–Crippen LogP) is 2.49. The number of benzene rings is 1. The van der Waals surface area contributed by atoms with Gasteiger partial charge in [0, 0.05) is 19.6 Å². The molecule has 0 heterocycles. The smallest absolute Gasteiger partial charge is 0.220 e. The first-order valence-electron chi connectivity index (χ1n) is 7.03. The highest BCUT2D eigenvalue weighted by Crippen LogP contribution is 2.19. The summed E-state index contributed by atoms with van der Waals surface area (Å²) in [6, 6.07) is 8.45. The molecule has 0 aliphatic rings. The summed E-state index contributed by atoms with van der Waals surface area (Å²) >= 11 is 0. The molecule has 3 heteroatoms. The lowest BCUT2D eigenvalue weighted by Gasteiger charge is -2.14. The standard InChI is InChI=1S/C16H25NO2/c1-4-14-5-7-15(8-6-14)13(3)9-16(19)17-10-12(2)11-18/h5-8,12-13,18H,4,9-11H2,1-3H3,(H,17,19). The SMILES string of the molecule is CCc1ccc(C(C)CC(=O)NCC(C)CO)cc1. The van der Waals surface area contributed by atoms with Crippen molar-refractivity contribution in [2.75, 3.05) is 13.2 Å². The molecule has 0 fully saturated rings. The Bertz CT molecular complexity index is 386. The summed E-state index contributed by atoms with van der Waals surface area (Å²) in [4.78, 5) is 11.8. The number of hydrogen-bond donors (Lipinski definition) is 2. The van der Waals surface area contributed by atoms with E-state index in [9.17, 15) is 4.79 Å². The molecule has 0 bridgehead atoms. The van der Waals surface area contributed by atoms with Crippen LogP contribution in [0.15, 0.2) is 24.3 Å². The number of hydrogen-bond acceptors (Lipinski definition) is 2. The molecule has 1 amide bonds. The van der Waals surface area contributed by atoms with Gasteiger partial charge in [0.05, 0.1) is 0 Å². The third-order valence-corrected chi connectivity index (χ3v) is 3.41. The summed E-state index contributed by atoms with van der Waals surface area (Å²) in [5.74, 6) is 0.380. The monoisotopic (exact) mass is 263 g/mol. The predicted molar refractivity (Wildman–Crippen MR) is 78.1 cm³/mol. The molecule has 2 unspecified atom stereocenters. The van der Waals surface area contributed by atoms with Crippen LogP contribution >= 0.6 is 0 Å². The maximum absolute atomic E-state index is 11.8. The average molecular weight is 263 g/mol. The molecule has 3 nitrogen and oxygen atoms in total. The summed E-state index contributed by atoms with van der Waals surface area (Å²) in [5.41, 5.74) is 2.51. The number of nitrogens with one attached hydrogen (secondary N) is 1. The summed E-state index contributed by atoms with van der Waals surface area (Å²) < 4.78 is 0. The molecule has 0 aliphatic heterocycles. The molecule has 1 rings (SSSR count). The summed E-state index contributed by atoms with van der Waals surface area (Å²) in [7, 11) is 0. The molecule has 0 saturated carbocycles. The minimum atomic E-state index is 0.0485. The lowest BCUT2D eigenvalue weighted by molar-refractivity contribution is -0.121. The highest BCUT2D eigenvalue weighted by Gasteiger charge is 2.11. The molecule has 19 heavy (non-hydrogen) atoms. The Balaban J connectivity index is 2.44. The van der Waals surface area contributed by atoms with E-state index in [0.717, 1.165) is 6.42 Å². The summed E-state index contributed by atoms with van der Waals surface area (Å²) in [6.07, 6.45) is 1.53. The summed E-state index contributed by atoms with van der Waals surface area (Å²) in [6.45, 7) is 6.75. The van der Waals surface area contributed by atoms with E-state index in [1.165, 1.54) is 11.1 Å². The second kappa shape index (κ2) is 7.95. The van der Waals surface area contributed by atoms with Gasteiger partial charge in [0.1, 0.15) is 0 Å². The fourth-order valence-corrected chi connectivity index (χ4v) is 1.90. The first-order valence-corrected chi connectivity index (χ1v) is 7.03. The van der Waals surface area contributed by atoms with Crippen LogP contribution in [0.4, 0.5) is 0 Å². The Kier molecular flexibility index (Phi) is 6.57. The van der Waals surface area contributed by atoms with Gasteiger partial charge in [-0.05, 0) is 29.4 Å². The zero-order valence-electron chi connectivity index (χ0n) is 12.1. The van der Waals surface area contributed by atoms with Gasteiger partial charge in [-0.2, -0.15) is 0 Å². The number of carbonyl (C=O) groups is 1. The first kappa shape index (κ1) is 15.7. The molecule has 0 aliphatic carbocycles. The number of aliphatic hydroxyl groups is 1. The third kappa shape index (κ3) is 5.43. The van der Waals surface area contributed by atoms with E-state index < -0.39 is 0 Å². The maximum Gasteiger partial charge on any atom is 0.220 e. The van der Waals surface area contributed by atoms with Crippen molar-refractivity contribution in [1.82, 2.24) is 5.32 Å². The molecule has 0 aromatic heterocycles. The molecular weight excluding hydrogens is 238 g/mol. The van der Waals surface area contributed by atoms with E-state index in [1.54, 1.807) is 0 Å². The van der Waals surface area contributed by atoms with Crippen molar-refractivity contribution < 1.29 is 9.90 Å². The van der Waals surface area contributed by atoms with Gasteiger partial charge < -0.3 is 10.4 Å². The van der Waals surface area contributed by atoms with Crippen LogP contribution in [0.5, 0.6) is 0 Å². The van der Waals surface area contributed by atoms with Crippen LogP contribution < -0.4 is 5.32 Å². The first-order chi connectivity index (χ1) is 9.06. The molecule has 2 N–H and O–H groups in total. The van der Waals surface area contributed by atoms with Gasteiger partial charge in [-0.3, -0.25) is 4.79 Å². The summed E-state index contributed by atoms with van der Waals surface area (Å²) in [5, 5.41) is 11.8. The van der Waals surface area contributed by atoms with E-state index in [1.807, 2.05) is 6.92 Å². The van der Waals surface area contributed by atoms with Crippen LogP contribution in [0, 0.1) is 5.92 Å². The molecular formula is C16H25NO2. The fraction of sp³-hybridized carbons (Fsp3) is 0.562. The fourth-order valence-electron chi connectivity index (χ4n) is 1.90. The van der Waals surface area contributed by atoms with Crippen molar-refractivity contribution in [3.05, 3.63) is 35.4 Å². The van der Waals surface area contributed by atoms with Crippen molar-refractivity contribution >= 4 is 5.91 Å². The molecule has 1 aromatic rings. The van der Waals surface area contributed by atoms with Crippen molar-refractivity contribution in [2.24, 2.45) is 5.92 Å². The van der Waals surface area contributed by atoms with E-state index in [-0.39, 0.29) is 24.3 Å². The van der Waals surface area contributed by atoms with Gasteiger partial charge in [-0.1, -0.05) is 45.0 Å². The Hall–Kier alpha value is -1.35. The van der Waals surface area contributed by atoms with Crippen LogP contribution in [-0.2, 0) is 11.2 Å². The van der Waals surface area contributed by atoms with Crippen LogP contribution in [0.3, 0.4) is 0 Å². The lowest BCUT2D eigenvalue weighted by atomic mass is 9.96. The van der Waals surface area contributed by atoms with Gasteiger partial charge in [-0.25, -0.2) is 0 Å². The lowest BCUT2D eigenvalue weighted by Crippen LogP contribution is -2.30. The molecule has 0 saturated heterocycles. The normalized spacial score (nSPS) is 13.9. The number of aliphatic hydroxyl groups excluding tert-OH is 1. The highest BCUT2D eigenvalue weighted by atomic mass is 16.3. The number of aryl methyl sites for hydroxylation is 1. The van der Waals surface area contributed by atoms with Crippen molar-refractivity contribution in [3.8, 4) is 0 Å². The van der Waals surface area contributed by atoms with E-state index in [0.29, 0.717) is 13.0 Å². The maximum atomic E-state index is 11.8. The second-order valence-corrected chi connectivity index (χ2v) is 5.29. The van der Waals surface area contributed by atoms with Gasteiger partial charge in [0.25, 0.3) is 0 Å². The van der Waals surface area contributed by atoms with Gasteiger partial charge >= 0.3 is 0 Å². The van der Waals surface area contributed by atoms with E-state index >= 15 is 0 Å². The van der Waals surface area contributed by atoms with Gasteiger partial charge in [0.2, 0.25) is 5.91 Å². The minimum absolute atomic E-state index is 0.0485. The zero-order valence-corrected chi connectivity index (χ0v) is 12.1. The molecule has 0 spiro atoms. The molecule has 106 valence electrons. The van der Waals surface area contributed by atoms with Crippen molar-refractivity contribution in [2.45, 2.75) is 39.5 Å². The molecule has 2 atom stereocenters. The number of rotatable bonds is 7. The van der Waals surface area contributed by atoms with Crippen molar-refractivity contribution in [3.63, 3.8) is 0 Å². The quantitative estimate of drug-likeness (QED) is 0.794. The van der Waals surface area contributed by atoms with Crippen LogP contribution in [0.2, 0.25) is 0 Å². The van der Waals surface area contributed by atoms with Crippen LogP contribution in [0.1, 0.15) is 44.2 Å². The van der Waals surface area contributed by atoms with Gasteiger partial charge in [0.15, 0.2) is 0 Å². The van der Waals surface area contributed by atoms with E-state index in [2.05, 4.69) is 43.4 Å². The second-order valence-electron chi connectivity index (χ2n) is 5.29. The minimum Gasteiger partial charge on any atom is -0.396 e. The largest absolute Gasteiger partial charge is 0.396 e. The Morgan fingerprint density at radius 3 is 2.42 bits per heavy atom. The zero-order chi connectivity index (χ0) is 14.3. The van der Waals surface area contributed by atoms with E-state index in [4.69, 9.17) is 5.11 Å². The Morgan fingerprint density at radius 1 is 1.26 bits per heavy atom. The Labute approximate surface area is 116 Å². The Morgan fingerprint density at radius 2 is 1.89 bits per heavy atom. The topological polar surface area (TPSA) is 49.3 Å².